The molecule has 2 rings (SSSR count). The predicted octanol–water partition coefficient (Wildman–Crippen LogP) is 0.354. The average molecular weight is 293 g/mol. The van der Waals surface area contributed by atoms with Crippen molar-refractivity contribution in [2.75, 3.05) is 45.0 Å². The standard InChI is InChI=1S/C11H23N3O2S2/c1-2-11-10-14(8-9-17-11)18(15,16)13-6-3-4-12-5-7-13/h11-12H,2-10H2,1H3. The van der Waals surface area contributed by atoms with E-state index in [1.165, 1.54) is 0 Å². The summed E-state index contributed by atoms with van der Waals surface area (Å²) in [4.78, 5) is 0. The highest BCUT2D eigenvalue weighted by Crippen LogP contribution is 2.24. The van der Waals surface area contributed by atoms with Gasteiger partial charge in [-0.3, -0.25) is 0 Å². The van der Waals surface area contributed by atoms with Gasteiger partial charge in [0.2, 0.25) is 0 Å². The van der Waals surface area contributed by atoms with Crippen LogP contribution in [0.3, 0.4) is 0 Å². The monoisotopic (exact) mass is 293 g/mol. The molecule has 0 amide bonds. The number of rotatable bonds is 3. The molecule has 2 saturated heterocycles. The smallest absolute Gasteiger partial charge is 0.282 e. The quantitative estimate of drug-likeness (QED) is 0.816. The second kappa shape index (κ2) is 6.56. The fourth-order valence-electron chi connectivity index (χ4n) is 2.36. The average Bonchev–Trinajstić information content (AvgIpc) is 2.68. The van der Waals surface area contributed by atoms with Crippen LogP contribution in [0.2, 0.25) is 0 Å². The summed E-state index contributed by atoms with van der Waals surface area (Å²) in [6.45, 7) is 6.39. The summed E-state index contributed by atoms with van der Waals surface area (Å²) in [5.74, 6) is 0.920. The Hall–Kier alpha value is 0.180. The minimum Gasteiger partial charge on any atom is -0.315 e. The van der Waals surface area contributed by atoms with E-state index in [4.69, 9.17) is 0 Å². The van der Waals surface area contributed by atoms with Crippen LogP contribution in [0.25, 0.3) is 0 Å². The molecule has 1 unspecified atom stereocenters. The molecule has 5 nitrogen and oxygen atoms in total. The first-order chi connectivity index (χ1) is 8.64. The van der Waals surface area contributed by atoms with Crippen LogP contribution in [0, 0.1) is 0 Å². The van der Waals surface area contributed by atoms with Gasteiger partial charge in [-0.25, -0.2) is 0 Å². The van der Waals surface area contributed by atoms with Crippen molar-refractivity contribution in [3.05, 3.63) is 0 Å². The number of hydrogen-bond acceptors (Lipinski definition) is 4. The second-order valence-electron chi connectivity index (χ2n) is 4.77. The van der Waals surface area contributed by atoms with Crippen LogP contribution < -0.4 is 5.32 Å². The van der Waals surface area contributed by atoms with Gasteiger partial charge in [-0.15, -0.1) is 0 Å². The molecule has 0 aromatic rings. The molecule has 1 N–H and O–H groups in total. The first-order valence-electron chi connectivity index (χ1n) is 6.72. The van der Waals surface area contributed by atoms with Crippen LogP contribution in [0.4, 0.5) is 0 Å². The number of hydrogen-bond donors (Lipinski definition) is 1. The minimum atomic E-state index is -3.24. The SMILES string of the molecule is CCC1CN(S(=O)(=O)N2CCCNCC2)CCS1. The molecule has 0 spiro atoms. The number of nitrogens with zero attached hydrogens (tertiary/aromatic N) is 2. The number of thioether (sulfide) groups is 1. The lowest BCUT2D eigenvalue weighted by Crippen LogP contribution is -2.49. The molecule has 2 heterocycles. The Labute approximate surface area is 114 Å². The van der Waals surface area contributed by atoms with Crippen molar-refractivity contribution in [3.8, 4) is 0 Å². The van der Waals surface area contributed by atoms with Crippen LogP contribution in [0.1, 0.15) is 19.8 Å². The van der Waals surface area contributed by atoms with Gasteiger partial charge < -0.3 is 5.32 Å². The Morgan fingerprint density at radius 1 is 1.22 bits per heavy atom. The summed E-state index contributed by atoms with van der Waals surface area (Å²) < 4.78 is 28.5. The lowest BCUT2D eigenvalue weighted by molar-refractivity contribution is 0.346. The normalized spacial score (nSPS) is 29.1. The van der Waals surface area contributed by atoms with Crippen LogP contribution in [-0.4, -0.2) is 67.3 Å². The van der Waals surface area contributed by atoms with Gasteiger partial charge in [0.05, 0.1) is 0 Å². The van der Waals surface area contributed by atoms with E-state index in [0.717, 1.165) is 31.7 Å². The van der Waals surface area contributed by atoms with Crippen LogP contribution >= 0.6 is 11.8 Å². The van der Waals surface area contributed by atoms with E-state index in [0.29, 0.717) is 31.4 Å². The highest BCUT2D eigenvalue weighted by molar-refractivity contribution is 8.00. The largest absolute Gasteiger partial charge is 0.315 e. The van der Waals surface area contributed by atoms with Crippen molar-refractivity contribution in [2.45, 2.75) is 25.0 Å². The van der Waals surface area contributed by atoms with Crippen molar-refractivity contribution < 1.29 is 8.42 Å². The third kappa shape index (κ3) is 3.39. The van der Waals surface area contributed by atoms with Crippen LogP contribution in [0.15, 0.2) is 0 Å². The van der Waals surface area contributed by atoms with Gasteiger partial charge in [0, 0.05) is 43.7 Å². The van der Waals surface area contributed by atoms with Gasteiger partial charge in [0.1, 0.15) is 0 Å². The van der Waals surface area contributed by atoms with Crippen LogP contribution in [-0.2, 0) is 10.2 Å². The van der Waals surface area contributed by atoms with Gasteiger partial charge >= 0.3 is 0 Å². The molecule has 7 heteroatoms. The zero-order valence-electron chi connectivity index (χ0n) is 11.0. The summed E-state index contributed by atoms with van der Waals surface area (Å²) in [5, 5.41) is 3.70. The van der Waals surface area contributed by atoms with E-state index >= 15 is 0 Å². The highest BCUT2D eigenvalue weighted by atomic mass is 32.2. The summed E-state index contributed by atoms with van der Waals surface area (Å²) in [6.07, 6.45) is 1.94. The van der Waals surface area contributed by atoms with Gasteiger partial charge in [0.25, 0.3) is 10.2 Å². The lowest BCUT2D eigenvalue weighted by atomic mass is 10.3. The lowest BCUT2D eigenvalue weighted by Gasteiger charge is -2.34. The summed E-state index contributed by atoms with van der Waals surface area (Å²) >= 11 is 1.90. The van der Waals surface area contributed by atoms with Gasteiger partial charge in [0.15, 0.2) is 0 Å². The summed E-state index contributed by atoms with van der Waals surface area (Å²) in [6, 6.07) is 0. The van der Waals surface area contributed by atoms with Gasteiger partial charge in [-0.1, -0.05) is 6.92 Å². The molecule has 2 fully saturated rings. The number of nitrogens with one attached hydrogen (secondary N) is 1. The molecule has 0 aromatic carbocycles. The molecule has 0 bridgehead atoms. The molecule has 1 atom stereocenters. The molecule has 106 valence electrons. The third-order valence-electron chi connectivity index (χ3n) is 3.51. The van der Waals surface area contributed by atoms with E-state index in [1.54, 1.807) is 8.61 Å². The maximum Gasteiger partial charge on any atom is 0.282 e. The first kappa shape index (κ1) is 14.6. The van der Waals surface area contributed by atoms with Crippen molar-refractivity contribution in [1.82, 2.24) is 13.9 Å². The topological polar surface area (TPSA) is 52.7 Å². The zero-order valence-corrected chi connectivity index (χ0v) is 12.6. The second-order valence-corrected chi connectivity index (χ2v) is 8.11. The summed E-state index contributed by atoms with van der Waals surface area (Å²) in [5.41, 5.74) is 0. The molecule has 0 saturated carbocycles. The maximum absolute atomic E-state index is 12.6. The molecular weight excluding hydrogens is 270 g/mol. The minimum absolute atomic E-state index is 0.457. The first-order valence-corrected chi connectivity index (χ1v) is 9.16. The molecule has 0 aliphatic carbocycles. The van der Waals surface area contributed by atoms with Crippen molar-refractivity contribution in [1.29, 1.82) is 0 Å². The Morgan fingerprint density at radius 3 is 2.83 bits per heavy atom. The van der Waals surface area contributed by atoms with E-state index in [2.05, 4.69) is 12.2 Å². The molecule has 2 aliphatic rings. The molecule has 0 aromatic heterocycles. The summed E-state index contributed by atoms with van der Waals surface area (Å²) in [7, 11) is -3.24. The third-order valence-corrected chi connectivity index (χ3v) is 6.88. The zero-order chi connectivity index (χ0) is 13.0. The van der Waals surface area contributed by atoms with Gasteiger partial charge in [-0.05, 0) is 19.4 Å². The Kier molecular flexibility index (Phi) is 5.32. The van der Waals surface area contributed by atoms with E-state index < -0.39 is 10.2 Å². The fraction of sp³-hybridized carbons (Fsp3) is 1.00. The highest BCUT2D eigenvalue weighted by Gasteiger charge is 2.33. The molecule has 0 radical (unpaired) electrons. The Bertz CT molecular complexity index is 353. The van der Waals surface area contributed by atoms with E-state index in [9.17, 15) is 8.42 Å². The van der Waals surface area contributed by atoms with Gasteiger partial charge in [-0.2, -0.15) is 28.8 Å². The fourth-order valence-corrected chi connectivity index (χ4v) is 5.45. The Morgan fingerprint density at radius 2 is 2.06 bits per heavy atom. The molecule has 18 heavy (non-hydrogen) atoms. The Balaban J connectivity index is 2.04. The van der Waals surface area contributed by atoms with E-state index in [1.807, 2.05) is 11.8 Å². The van der Waals surface area contributed by atoms with Crippen LogP contribution in [0.5, 0.6) is 0 Å². The maximum atomic E-state index is 12.6. The van der Waals surface area contributed by atoms with Crippen molar-refractivity contribution in [3.63, 3.8) is 0 Å². The van der Waals surface area contributed by atoms with Crippen molar-refractivity contribution in [2.24, 2.45) is 0 Å². The predicted molar refractivity (Wildman–Crippen MR) is 76.1 cm³/mol. The van der Waals surface area contributed by atoms with E-state index in [-0.39, 0.29) is 0 Å². The van der Waals surface area contributed by atoms with Crippen molar-refractivity contribution >= 4 is 22.0 Å². The molecular formula is C11H23N3O2S2. The molecule has 2 aliphatic heterocycles.